The molecule has 0 aliphatic carbocycles. The number of hydrogen-bond donors (Lipinski definition) is 2. The Bertz CT molecular complexity index is 1100. The minimum absolute atomic E-state index is 0.0423. The summed E-state index contributed by atoms with van der Waals surface area (Å²) in [6, 6.07) is 20.3. The van der Waals surface area contributed by atoms with Crippen LogP contribution in [0.1, 0.15) is 31.8 Å². The molecular weight excluding hydrogens is 416 g/mol. The van der Waals surface area contributed by atoms with Gasteiger partial charge in [-0.2, -0.15) is 0 Å². The maximum Gasteiger partial charge on any atom is 0.252 e. The molecule has 6 nitrogen and oxygen atoms in total. The number of rotatable bonds is 8. The maximum absolute atomic E-state index is 12.9. The van der Waals surface area contributed by atoms with Gasteiger partial charge in [-0.15, -0.1) is 0 Å². The molecule has 31 heavy (non-hydrogen) atoms. The lowest BCUT2D eigenvalue weighted by atomic mass is 9.98. The summed E-state index contributed by atoms with van der Waals surface area (Å²) >= 11 is 5.89. The van der Waals surface area contributed by atoms with Crippen LogP contribution in [0.4, 0.5) is 5.69 Å². The van der Waals surface area contributed by atoms with Crippen LogP contribution in [-0.4, -0.2) is 31.3 Å². The first-order chi connectivity index (χ1) is 15.0. The Morgan fingerprint density at radius 1 is 0.903 bits per heavy atom. The van der Waals surface area contributed by atoms with E-state index in [0.717, 1.165) is 5.56 Å². The Hall–Kier alpha value is -3.48. The first-order valence-electron chi connectivity index (χ1n) is 9.53. The maximum atomic E-state index is 12.9. The third-order valence-corrected chi connectivity index (χ3v) is 4.71. The van der Waals surface area contributed by atoms with E-state index in [0.29, 0.717) is 21.8 Å². The molecule has 3 aromatic rings. The van der Waals surface area contributed by atoms with Gasteiger partial charge in [-0.25, -0.2) is 0 Å². The van der Waals surface area contributed by atoms with Crippen LogP contribution >= 0.6 is 11.6 Å². The molecule has 0 heterocycles. The largest absolute Gasteiger partial charge is 0.375 e. The number of hydrogen-bond acceptors (Lipinski definition) is 4. The van der Waals surface area contributed by atoms with Crippen LogP contribution in [0.3, 0.4) is 0 Å². The van der Waals surface area contributed by atoms with Crippen molar-refractivity contribution in [2.24, 2.45) is 0 Å². The zero-order valence-electron chi connectivity index (χ0n) is 16.9. The molecule has 2 N–H and O–H groups in total. The number of carbonyl (C=O) groups excluding carboxylic acids is 3. The van der Waals surface area contributed by atoms with Crippen LogP contribution in [0.15, 0.2) is 72.8 Å². The average Bonchev–Trinajstić information content (AvgIpc) is 2.78. The zero-order valence-corrected chi connectivity index (χ0v) is 17.6. The molecule has 3 aromatic carbocycles. The fourth-order valence-corrected chi connectivity index (χ4v) is 3.13. The van der Waals surface area contributed by atoms with Crippen LogP contribution in [0.2, 0.25) is 5.02 Å². The molecular formula is C24H21ClN2O4. The molecule has 0 aromatic heterocycles. The summed E-state index contributed by atoms with van der Waals surface area (Å²) in [6.45, 7) is 0.190. The van der Waals surface area contributed by atoms with E-state index in [4.69, 9.17) is 16.3 Å². The zero-order chi connectivity index (χ0) is 22.2. The third-order valence-electron chi connectivity index (χ3n) is 4.46. The second kappa shape index (κ2) is 10.5. The van der Waals surface area contributed by atoms with E-state index in [1.54, 1.807) is 66.7 Å². The number of halogens is 1. The Morgan fingerprint density at radius 3 is 2.32 bits per heavy atom. The van der Waals surface area contributed by atoms with Gasteiger partial charge >= 0.3 is 0 Å². The molecule has 2 amide bonds. The Labute approximate surface area is 185 Å². The van der Waals surface area contributed by atoms with Gasteiger partial charge in [-0.3, -0.25) is 14.4 Å². The van der Waals surface area contributed by atoms with Gasteiger partial charge < -0.3 is 15.4 Å². The second-order valence-corrected chi connectivity index (χ2v) is 7.18. The number of methoxy groups -OCH3 is 1. The summed E-state index contributed by atoms with van der Waals surface area (Å²) in [7, 11) is 1.45. The van der Waals surface area contributed by atoms with Crippen LogP contribution in [0.5, 0.6) is 0 Å². The summed E-state index contributed by atoms with van der Waals surface area (Å²) in [5.74, 6) is -0.893. The van der Waals surface area contributed by atoms with E-state index < -0.39 is 0 Å². The first kappa shape index (κ1) is 22.2. The highest BCUT2D eigenvalue weighted by Gasteiger charge is 2.18. The normalized spacial score (nSPS) is 10.4. The van der Waals surface area contributed by atoms with E-state index in [-0.39, 0.29) is 36.3 Å². The van der Waals surface area contributed by atoms with Crippen LogP contribution in [0, 0.1) is 0 Å². The molecule has 158 valence electrons. The highest BCUT2D eigenvalue weighted by molar-refractivity contribution is 6.30. The van der Waals surface area contributed by atoms with Crippen molar-refractivity contribution in [1.29, 1.82) is 0 Å². The molecule has 0 spiro atoms. The molecule has 0 bridgehead atoms. The number of benzene rings is 3. The first-order valence-corrected chi connectivity index (χ1v) is 9.91. The molecule has 0 unspecified atom stereocenters. The van der Waals surface area contributed by atoms with Crippen LogP contribution in [-0.2, 0) is 16.1 Å². The number of ketones is 1. The monoisotopic (exact) mass is 436 g/mol. The van der Waals surface area contributed by atoms with Crippen LogP contribution in [0.25, 0.3) is 0 Å². The number of amides is 2. The van der Waals surface area contributed by atoms with Gasteiger partial charge in [0.25, 0.3) is 5.91 Å². The average molecular weight is 437 g/mol. The highest BCUT2D eigenvalue weighted by Crippen LogP contribution is 2.17. The smallest absolute Gasteiger partial charge is 0.252 e. The molecule has 0 aliphatic heterocycles. The minimum atomic E-state index is -0.369. The van der Waals surface area contributed by atoms with Gasteiger partial charge in [0.15, 0.2) is 5.78 Å². The van der Waals surface area contributed by atoms with Gasteiger partial charge in [0.05, 0.1) is 5.56 Å². The van der Waals surface area contributed by atoms with Crippen molar-refractivity contribution in [1.82, 2.24) is 5.32 Å². The summed E-state index contributed by atoms with van der Waals surface area (Å²) < 4.78 is 4.80. The van der Waals surface area contributed by atoms with Gasteiger partial charge in [0.1, 0.15) is 6.61 Å². The predicted molar refractivity (Wildman–Crippen MR) is 119 cm³/mol. The fourth-order valence-electron chi connectivity index (χ4n) is 3.00. The van der Waals surface area contributed by atoms with Gasteiger partial charge in [0, 0.05) is 35.5 Å². The molecule has 0 atom stereocenters. The van der Waals surface area contributed by atoms with Crippen molar-refractivity contribution in [3.8, 4) is 0 Å². The molecule has 0 saturated heterocycles. The SMILES string of the molecule is COCC(=O)Nc1cccc(CNC(=O)c2ccccc2C(=O)c2ccc(Cl)cc2)c1. The molecule has 3 rings (SSSR count). The Morgan fingerprint density at radius 2 is 1.61 bits per heavy atom. The second-order valence-electron chi connectivity index (χ2n) is 6.75. The molecule has 0 aliphatic rings. The third kappa shape index (κ3) is 6.01. The number of ether oxygens (including phenoxy) is 1. The predicted octanol–water partition coefficient (Wildman–Crippen LogP) is 4.09. The Balaban J connectivity index is 1.71. The summed E-state index contributed by atoms with van der Waals surface area (Å²) in [4.78, 5) is 37.4. The Kier molecular flexibility index (Phi) is 7.54. The van der Waals surface area contributed by atoms with Crippen molar-refractivity contribution in [3.63, 3.8) is 0 Å². The fraction of sp³-hybridized carbons (Fsp3) is 0.125. The van der Waals surface area contributed by atoms with Crippen molar-refractivity contribution in [2.45, 2.75) is 6.54 Å². The molecule has 7 heteroatoms. The van der Waals surface area contributed by atoms with E-state index in [1.807, 2.05) is 6.07 Å². The molecule has 0 radical (unpaired) electrons. The molecule has 0 saturated carbocycles. The summed E-state index contributed by atoms with van der Waals surface area (Å²) in [6.07, 6.45) is 0. The van der Waals surface area contributed by atoms with Crippen molar-refractivity contribution >= 4 is 34.9 Å². The van der Waals surface area contributed by atoms with E-state index in [9.17, 15) is 14.4 Å². The quantitative estimate of drug-likeness (QED) is 0.521. The van der Waals surface area contributed by atoms with E-state index in [2.05, 4.69) is 10.6 Å². The van der Waals surface area contributed by atoms with E-state index in [1.165, 1.54) is 7.11 Å². The number of nitrogens with one attached hydrogen (secondary N) is 2. The standard InChI is InChI=1S/C24H21ClN2O4/c1-31-15-22(28)27-19-6-4-5-16(13-19)14-26-24(30)21-8-3-2-7-20(21)23(29)17-9-11-18(25)12-10-17/h2-13H,14-15H2,1H3,(H,26,30)(H,27,28). The topological polar surface area (TPSA) is 84.5 Å². The summed E-state index contributed by atoms with van der Waals surface area (Å²) in [5, 5.41) is 6.08. The van der Waals surface area contributed by atoms with E-state index >= 15 is 0 Å². The minimum Gasteiger partial charge on any atom is -0.375 e. The van der Waals surface area contributed by atoms with Gasteiger partial charge in [-0.1, -0.05) is 41.9 Å². The summed E-state index contributed by atoms with van der Waals surface area (Å²) in [5.41, 5.74) is 2.44. The van der Waals surface area contributed by atoms with Crippen molar-refractivity contribution in [2.75, 3.05) is 19.0 Å². The van der Waals surface area contributed by atoms with Crippen molar-refractivity contribution < 1.29 is 19.1 Å². The number of anilines is 1. The van der Waals surface area contributed by atoms with Crippen molar-refractivity contribution in [3.05, 3.63) is 100 Å². The lowest BCUT2D eigenvalue weighted by Gasteiger charge is -2.11. The number of carbonyl (C=O) groups is 3. The van der Waals surface area contributed by atoms with Gasteiger partial charge in [0.2, 0.25) is 5.91 Å². The lowest BCUT2D eigenvalue weighted by Crippen LogP contribution is -2.25. The van der Waals surface area contributed by atoms with Gasteiger partial charge in [-0.05, 0) is 48.0 Å². The molecule has 0 fully saturated rings. The van der Waals surface area contributed by atoms with Crippen LogP contribution < -0.4 is 10.6 Å². The highest BCUT2D eigenvalue weighted by atomic mass is 35.5. The lowest BCUT2D eigenvalue weighted by molar-refractivity contribution is -0.119.